The molecule has 3 aliphatic heterocycles. The van der Waals surface area contributed by atoms with Gasteiger partial charge in [-0.2, -0.15) is 0 Å². The standard InChI is InChI=1S/C14H16O5/c1-15-14-12-11(18-12)10-9(17-14)7-16-13(19-10)8-5-3-2-4-6-8/h2-6,9-14H,7H2,1H3/t9-,10+,11-,12-,13-,14+/m0/s1. The topological polar surface area (TPSA) is 49.5 Å². The van der Waals surface area contributed by atoms with Crippen molar-refractivity contribution >= 4 is 0 Å². The van der Waals surface area contributed by atoms with E-state index in [0.717, 1.165) is 5.56 Å². The van der Waals surface area contributed by atoms with Crippen LogP contribution in [0.25, 0.3) is 0 Å². The first kappa shape index (κ1) is 11.8. The minimum atomic E-state index is -0.338. The van der Waals surface area contributed by atoms with Crippen molar-refractivity contribution in [3.8, 4) is 0 Å². The molecule has 6 atom stereocenters. The monoisotopic (exact) mass is 264 g/mol. The summed E-state index contributed by atoms with van der Waals surface area (Å²) in [7, 11) is 1.63. The Morgan fingerprint density at radius 2 is 1.84 bits per heavy atom. The summed E-state index contributed by atoms with van der Waals surface area (Å²) in [5.41, 5.74) is 1.02. The molecule has 102 valence electrons. The van der Waals surface area contributed by atoms with E-state index < -0.39 is 0 Å². The summed E-state index contributed by atoms with van der Waals surface area (Å²) in [6.45, 7) is 0.497. The molecule has 0 spiro atoms. The van der Waals surface area contributed by atoms with Gasteiger partial charge < -0.3 is 23.7 Å². The van der Waals surface area contributed by atoms with Gasteiger partial charge in [0.25, 0.3) is 0 Å². The Kier molecular flexibility index (Phi) is 2.82. The number of benzene rings is 1. The number of fused-ring (bicyclic) bond motifs is 3. The van der Waals surface area contributed by atoms with Crippen molar-refractivity contribution in [2.24, 2.45) is 0 Å². The minimum absolute atomic E-state index is 0.000716. The SMILES string of the molecule is CO[C@@H]1O[C@H]2CO[C@H](c3ccccc3)O[C@H]2[C@@H]2O[C@H]12. The molecule has 0 amide bonds. The molecule has 0 bridgehead atoms. The minimum Gasteiger partial charge on any atom is -0.361 e. The normalized spacial score (nSPS) is 44.3. The van der Waals surface area contributed by atoms with Gasteiger partial charge in [-0.15, -0.1) is 0 Å². The van der Waals surface area contributed by atoms with Gasteiger partial charge >= 0.3 is 0 Å². The highest BCUT2D eigenvalue weighted by molar-refractivity contribution is 5.17. The summed E-state index contributed by atoms with van der Waals surface area (Å²) < 4.78 is 28.4. The van der Waals surface area contributed by atoms with Crippen molar-refractivity contribution in [2.45, 2.75) is 37.0 Å². The summed E-state index contributed by atoms with van der Waals surface area (Å²) in [6.07, 6.45) is -0.759. The first-order chi connectivity index (χ1) is 9.36. The van der Waals surface area contributed by atoms with E-state index in [9.17, 15) is 0 Å². The van der Waals surface area contributed by atoms with Crippen molar-refractivity contribution in [3.05, 3.63) is 35.9 Å². The quantitative estimate of drug-likeness (QED) is 0.752. The molecule has 0 unspecified atom stereocenters. The zero-order valence-electron chi connectivity index (χ0n) is 10.6. The van der Waals surface area contributed by atoms with Gasteiger partial charge in [-0.3, -0.25) is 0 Å². The van der Waals surface area contributed by atoms with Crippen LogP contribution in [0.3, 0.4) is 0 Å². The smallest absolute Gasteiger partial charge is 0.186 e. The summed E-state index contributed by atoms with van der Waals surface area (Å²) >= 11 is 0. The zero-order chi connectivity index (χ0) is 12.8. The van der Waals surface area contributed by atoms with Gasteiger partial charge in [-0.05, 0) is 0 Å². The second-order valence-electron chi connectivity index (χ2n) is 5.02. The van der Waals surface area contributed by atoms with E-state index in [1.165, 1.54) is 0 Å². The first-order valence-corrected chi connectivity index (χ1v) is 6.52. The molecule has 1 aromatic carbocycles. The molecule has 0 aromatic heterocycles. The average molecular weight is 264 g/mol. The number of hydrogen-bond donors (Lipinski definition) is 0. The van der Waals surface area contributed by atoms with E-state index in [1.54, 1.807) is 7.11 Å². The van der Waals surface area contributed by atoms with E-state index in [4.69, 9.17) is 23.7 Å². The van der Waals surface area contributed by atoms with Crippen LogP contribution in [0.2, 0.25) is 0 Å². The Balaban J connectivity index is 1.50. The first-order valence-electron chi connectivity index (χ1n) is 6.52. The lowest BCUT2D eigenvalue weighted by Gasteiger charge is -2.39. The van der Waals surface area contributed by atoms with E-state index in [-0.39, 0.29) is 37.0 Å². The number of methoxy groups -OCH3 is 1. The molecule has 0 saturated carbocycles. The van der Waals surface area contributed by atoms with Crippen LogP contribution in [-0.4, -0.2) is 44.4 Å². The molecule has 3 heterocycles. The fourth-order valence-corrected chi connectivity index (χ4v) is 2.80. The Hall–Kier alpha value is -0.980. The second kappa shape index (κ2) is 4.54. The number of rotatable bonds is 2. The third kappa shape index (κ3) is 1.98. The van der Waals surface area contributed by atoms with Gasteiger partial charge in [0.2, 0.25) is 0 Å². The van der Waals surface area contributed by atoms with Crippen molar-refractivity contribution in [2.75, 3.05) is 13.7 Å². The maximum Gasteiger partial charge on any atom is 0.186 e. The molecule has 5 heteroatoms. The molecule has 19 heavy (non-hydrogen) atoms. The van der Waals surface area contributed by atoms with Crippen LogP contribution in [0.5, 0.6) is 0 Å². The molecule has 4 rings (SSSR count). The van der Waals surface area contributed by atoms with Crippen LogP contribution in [0, 0.1) is 0 Å². The molecule has 3 saturated heterocycles. The summed E-state index contributed by atoms with van der Waals surface area (Å²) in [4.78, 5) is 0. The van der Waals surface area contributed by atoms with Crippen molar-refractivity contribution in [1.82, 2.24) is 0 Å². The molecule has 0 radical (unpaired) electrons. The molecule has 0 N–H and O–H groups in total. The van der Waals surface area contributed by atoms with Gasteiger partial charge in [0.05, 0.1) is 6.61 Å². The van der Waals surface area contributed by atoms with Gasteiger partial charge in [0.1, 0.15) is 24.4 Å². The molecule has 3 fully saturated rings. The van der Waals surface area contributed by atoms with Gasteiger partial charge in [-0.25, -0.2) is 0 Å². The number of epoxide rings is 1. The summed E-state index contributed by atoms with van der Waals surface area (Å²) in [5.74, 6) is 0. The van der Waals surface area contributed by atoms with Gasteiger partial charge in [0, 0.05) is 12.7 Å². The Morgan fingerprint density at radius 3 is 2.63 bits per heavy atom. The van der Waals surface area contributed by atoms with E-state index in [0.29, 0.717) is 6.61 Å². The second-order valence-corrected chi connectivity index (χ2v) is 5.02. The zero-order valence-corrected chi connectivity index (χ0v) is 10.6. The lowest BCUT2D eigenvalue weighted by Crippen LogP contribution is -2.52. The molecule has 3 aliphatic rings. The predicted molar refractivity (Wildman–Crippen MR) is 64.3 cm³/mol. The third-order valence-electron chi connectivity index (χ3n) is 3.83. The van der Waals surface area contributed by atoms with E-state index in [1.807, 2.05) is 30.3 Å². The van der Waals surface area contributed by atoms with Crippen LogP contribution >= 0.6 is 0 Å². The molecule has 0 aliphatic carbocycles. The van der Waals surface area contributed by atoms with E-state index in [2.05, 4.69) is 0 Å². The van der Waals surface area contributed by atoms with Gasteiger partial charge in [-0.1, -0.05) is 30.3 Å². The number of ether oxygens (including phenoxy) is 5. The highest BCUT2D eigenvalue weighted by Crippen LogP contribution is 2.43. The maximum absolute atomic E-state index is 6.00. The fraction of sp³-hybridized carbons (Fsp3) is 0.571. The third-order valence-corrected chi connectivity index (χ3v) is 3.83. The predicted octanol–water partition coefficient (Wildman–Crippen LogP) is 1.24. The Morgan fingerprint density at radius 1 is 1.00 bits per heavy atom. The fourth-order valence-electron chi connectivity index (χ4n) is 2.80. The lowest BCUT2D eigenvalue weighted by atomic mass is 10.0. The molecule has 5 nitrogen and oxygen atoms in total. The van der Waals surface area contributed by atoms with Crippen molar-refractivity contribution < 1.29 is 23.7 Å². The van der Waals surface area contributed by atoms with Crippen molar-refractivity contribution in [1.29, 1.82) is 0 Å². The van der Waals surface area contributed by atoms with Crippen LogP contribution in [0.15, 0.2) is 30.3 Å². The van der Waals surface area contributed by atoms with Crippen LogP contribution < -0.4 is 0 Å². The Labute approximate surface area is 111 Å². The largest absolute Gasteiger partial charge is 0.361 e. The van der Waals surface area contributed by atoms with Crippen LogP contribution in [0.4, 0.5) is 0 Å². The highest BCUT2D eigenvalue weighted by Gasteiger charge is 2.60. The molecule has 1 aromatic rings. The molecular weight excluding hydrogens is 248 g/mol. The highest BCUT2D eigenvalue weighted by atomic mass is 16.8. The average Bonchev–Trinajstić information content (AvgIpc) is 3.27. The Bertz CT molecular complexity index is 450. The van der Waals surface area contributed by atoms with Crippen LogP contribution in [-0.2, 0) is 23.7 Å². The lowest BCUT2D eigenvalue weighted by molar-refractivity contribution is -0.304. The summed E-state index contributed by atoms with van der Waals surface area (Å²) in [5, 5.41) is 0. The number of hydrogen-bond acceptors (Lipinski definition) is 5. The van der Waals surface area contributed by atoms with E-state index >= 15 is 0 Å². The molecular formula is C14H16O5. The van der Waals surface area contributed by atoms with Crippen LogP contribution in [0.1, 0.15) is 11.9 Å². The van der Waals surface area contributed by atoms with Gasteiger partial charge in [0.15, 0.2) is 12.6 Å². The maximum atomic E-state index is 6.00. The van der Waals surface area contributed by atoms with Crippen molar-refractivity contribution in [3.63, 3.8) is 0 Å². The summed E-state index contributed by atoms with van der Waals surface area (Å²) in [6, 6.07) is 9.92.